The van der Waals surface area contributed by atoms with Gasteiger partial charge in [-0.15, -0.1) is 0 Å². The Labute approximate surface area is 119 Å². The van der Waals surface area contributed by atoms with Crippen LogP contribution in [-0.2, 0) is 6.18 Å². The number of nitrogens with zero attached hydrogens (tertiary/aromatic N) is 2. The molecule has 0 atom stereocenters. The number of rotatable bonds is 1. The molecule has 0 spiro atoms. The fourth-order valence-electron chi connectivity index (χ4n) is 1.58. The summed E-state index contributed by atoms with van der Waals surface area (Å²) in [7, 11) is 0. The Bertz CT molecular complexity index is 657. The summed E-state index contributed by atoms with van der Waals surface area (Å²) in [6, 6.07) is 10.1. The van der Waals surface area contributed by atoms with E-state index in [1.54, 1.807) is 0 Å². The second-order valence-corrected chi connectivity index (χ2v) is 4.22. The Balaban J connectivity index is 0.000000161. The number of hydrogen-bond donors (Lipinski definition) is 2. The van der Waals surface area contributed by atoms with Crippen molar-refractivity contribution in [2.24, 2.45) is 0 Å². The fraction of sp³-hybridized carbons (Fsp3) is 0.143. The lowest BCUT2D eigenvalue weighted by Crippen LogP contribution is -2.06. The SMILES string of the molecule is Cc1cnc(-c2ccccc2)[nH]1.FC(F)(F)c1ncc[nH]1. The van der Waals surface area contributed by atoms with Gasteiger partial charge in [0.2, 0.25) is 5.82 Å². The molecule has 110 valence electrons. The summed E-state index contributed by atoms with van der Waals surface area (Å²) in [6.07, 6.45) is -0.322. The summed E-state index contributed by atoms with van der Waals surface area (Å²) in [5.74, 6) is -0.0180. The molecule has 0 saturated carbocycles. The van der Waals surface area contributed by atoms with Gasteiger partial charge >= 0.3 is 6.18 Å². The number of alkyl halides is 3. The molecule has 21 heavy (non-hydrogen) atoms. The molecule has 2 aromatic heterocycles. The Hall–Kier alpha value is -2.57. The van der Waals surface area contributed by atoms with Gasteiger partial charge < -0.3 is 9.97 Å². The Morgan fingerprint density at radius 3 is 2.19 bits per heavy atom. The van der Waals surface area contributed by atoms with Crippen molar-refractivity contribution in [3.63, 3.8) is 0 Å². The maximum absolute atomic E-state index is 11.5. The van der Waals surface area contributed by atoms with E-state index in [0.29, 0.717) is 0 Å². The number of nitrogens with one attached hydrogen (secondary N) is 2. The summed E-state index contributed by atoms with van der Waals surface area (Å²) < 4.78 is 34.6. The average molecular weight is 294 g/mol. The Morgan fingerprint density at radius 2 is 1.76 bits per heavy atom. The van der Waals surface area contributed by atoms with E-state index in [9.17, 15) is 13.2 Å². The lowest BCUT2D eigenvalue weighted by molar-refractivity contribution is -0.144. The lowest BCUT2D eigenvalue weighted by Gasteiger charge is -1.98. The molecule has 2 heterocycles. The number of aryl methyl sites for hydroxylation is 1. The number of benzene rings is 1. The summed E-state index contributed by atoms with van der Waals surface area (Å²) in [6.45, 7) is 2.00. The maximum atomic E-state index is 11.5. The van der Waals surface area contributed by atoms with Gasteiger partial charge in [0.1, 0.15) is 5.82 Å². The molecule has 0 aliphatic rings. The number of halogens is 3. The molecule has 4 nitrogen and oxygen atoms in total. The monoisotopic (exact) mass is 294 g/mol. The van der Waals surface area contributed by atoms with E-state index >= 15 is 0 Å². The van der Waals surface area contributed by atoms with Crippen LogP contribution in [0.5, 0.6) is 0 Å². The number of aromatic amines is 2. The van der Waals surface area contributed by atoms with Gasteiger partial charge in [0, 0.05) is 29.8 Å². The topological polar surface area (TPSA) is 57.4 Å². The number of imidazole rings is 2. The molecule has 2 N–H and O–H groups in total. The summed E-state index contributed by atoms with van der Waals surface area (Å²) in [5.41, 5.74) is 2.22. The average Bonchev–Trinajstić information content (AvgIpc) is 3.10. The van der Waals surface area contributed by atoms with Crippen LogP contribution in [-0.4, -0.2) is 19.9 Å². The van der Waals surface area contributed by atoms with Crippen LogP contribution in [0.4, 0.5) is 13.2 Å². The molecule has 1 aromatic carbocycles. The van der Waals surface area contributed by atoms with Gasteiger partial charge in [-0.1, -0.05) is 30.3 Å². The smallest absolute Gasteiger partial charge is 0.342 e. The summed E-state index contributed by atoms with van der Waals surface area (Å²) in [5, 5.41) is 0. The third-order valence-corrected chi connectivity index (χ3v) is 2.52. The molecular weight excluding hydrogens is 281 g/mol. The Kier molecular flexibility index (Phi) is 4.42. The van der Waals surface area contributed by atoms with Gasteiger partial charge in [-0.2, -0.15) is 13.2 Å². The van der Waals surface area contributed by atoms with Gasteiger partial charge in [-0.25, -0.2) is 9.97 Å². The second-order valence-electron chi connectivity index (χ2n) is 4.22. The molecule has 0 bridgehead atoms. The predicted molar refractivity (Wildman–Crippen MR) is 72.4 cm³/mol. The zero-order chi connectivity index (χ0) is 15.3. The quantitative estimate of drug-likeness (QED) is 0.717. The minimum Gasteiger partial charge on any atom is -0.342 e. The first kappa shape index (κ1) is 14.8. The van der Waals surface area contributed by atoms with Gasteiger partial charge in [-0.05, 0) is 6.92 Å². The van der Waals surface area contributed by atoms with Crippen molar-refractivity contribution in [3.05, 3.63) is 60.4 Å². The number of H-pyrrole nitrogens is 2. The summed E-state index contributed by atoms with van der Waals surface area (Å²) >= 11 is 0. The van der Waals surface area contributed by atoms with Gasteiger partial charge in [0.05, 0.1) is 0 Å². The highest BCUT2D eigenvalue weighted by atomic mass is 19.4. The normalized spacial score (nSPS) is 10.9. The first-order valence-corrected chi connectivity index (χ1v) is 6.10. The first-order chi connectivity index (χ1) is 9.97. The first-order valence-electron chi connectivity index (χ1n) is 6.10. The summed E-state index contributed by atoms with van der Waals surface area (Å²) in [4.78, 5) is 12.4. The predicted octanol–water partition coefficient (Wildman–Crippen LogP) is 3.81. The molecule has 3 aromatic rings. The Morgan fingerprint density at radius 1 is 1.05 bits per heavy atom. The van der Waals surface area contributed by atoms with Crippen molar-refractivity contribution < 1.29 is 13.2 Å². The third-order valence-electron chi connectivity index (χ3n) is 2.52. The zero-order valence-electron chi connectivity index (χ0n) is 11.1. The zero-order valence-corrected chi connectivity index (χ0v) is 11.1. The van der Waals surface area contributed by atoms with Gasteiger partial charge in [0.25, 0.3) is 0 Å². The molecule has 3 rings (SSSR count). The van der Waals surface area contributed by atoms with E-state index in [0.717, 1.165) is 29.5 Å². The standard InChI is InChI=1S/C10H10N2.C4H3F3N2/c1-8-7-11-10(12-8)9-5-3-2-4-6-9;5-4(6,7)3-8-1-2-9-3/h2-7H,1H3,(H,11,12);1-2H,(H,8,9). The van der Waals surface area contributed by atoms with Gasteiger partial charge in [-0.3, -0.25) is 0 Å². The maximum Gasteiger partial charge on any atom is 0.449 e. The van der Waals surface area contributed by atoms with E-state index < -0.39 is 12.0 Å². The second kappa shape index (κ2) is 6.25. The highest BCUT2D eigenvalue weighted by molar-refractivity contribution is 5.54. The molecule has 0 saturated heterocycles. The van der Waals surface area contributed by atoms with Crippen molar-refractivity contribution >= 4 is 0 Å². The molecule has 0 amide bonds. The van der Waals surface area contributed by atoms with Crippen LogP contribution in [0, 0.1) is 6.92 Å². The van der Waals surface area contributed by atoms with E-state index in [2.05, 4.69) is 15.0 Å². The van der Waals surface area contributed by atoms with Crippen molar-refractivity contribution in [3.8, 4) is 11.4 Å². The third kappa shape index (κ3) is 4.20. The van der Waals surface area contributed by atoms with Crippen molar-refractivity contribution in [2.75, 3.05) is 0 Å². The minimum atomic E-state index is -4.34. The van der Waals surface area contributed by atoms with Crippen LogP contribution in [0.1, 0.15) is 11.5 Å². The van der Waals surface area contributed by atoms with Crippen molar-refractivity contribution in [1.29, 1.82) is 0 Å². The van der Waals surface area contributed by atoms with E-state index in [1.807, 2.05) is 48.4 Å². The lowest BCUT2D eigenvalue weighted by atomic mass is 10.2. The molecular formula is C14H13F3N4. The van der Waals surface area contributed by atoms with Crippen LogP contribution in [0.3, 0.4) is 0 Å². The minimum absolute atomic E-state index is 0.938. The molecule has 0 aliphatic heterocycles. The molecule has 7 heteroatoms. The van der Waals surface area contributed by atoms with Crippen LogP contribution in [0.15, 0.2) is 48.9 Å². The van der Waals surface area contributed by atoms with Crippen LogP contribution >= 0.6 is 0 Å². The van der Waals surface area contributed by atoms with Crippen molar-refractivity contribution in [2.45, 2.75) is 13.1 Å². The van der Waals surface area contributed by atoms with Crippen molar-refractivity contribution in [1.82, 2.24) is 19.9 Å². The largest absolute Gasteiger partial charge is 0.449 e. The van der Waals surface area contributed by atoms with E-state index in [1.165, 1.54) is 0 Å². The van der Waals surface area contributed by atoms with Crippen LogP contribution < -0.4 is 0 Å². The van der Waals surface area contributed by atoms with Crippen LogP contribution in [0.25, 0.3) is 11.4 Å². The van der Waals surface area contributed by atoms with E-state index in [-0.39, 0.29) is 0 Å². The van der Waals surface area contributed by atoms with Gasteiger partial charge in [0.15, 0.2) is 0 Å². The van der Waals surface area contributed by atoms with Crippen LogP contribution in [0.2, 0.25) is 0 Å². The molecule has 0 radical (unpaired) electrons. The number of aromatic nitrogens is 4. The molecule has 0 fully saturated rings. The highest BCUT2D eigenvalue weighted by Crippen LogP contribution is 2.25. The number of hydrogen-bond acceptors (Lipinski definition) is 2. The van der Waals surface area contributed by atoms with E-state index in [4.69, 9.17) is 0 Å². The highest BCUT2D eigenvalue weighted by Gasteiger charge is 2.33. The molecule has 0 aliphatic carbocycles. The molecule has 0 unspecified atom stereocenters. The fourth-order valence-corrected chi connectivity index (χ4v) is 1.58.